The third-order valence-corrected chi connectivity index (χ3v) is 5.15. The summed E-state index contributed by atoms with van der Waals surface area (Å²) in [6.07, 6.45) is 6.36. The van der Waals surface area contributed by atoms with Gasteiger partial charge in [-0.25, -0.2) is 4.98 Å². The number of aromatic amines is 1. The number of nitrogens with one attached hydrogen (secondary N) is 1. The molecule has 1 spiro atoms. The number of aromatic nitrogens is 2. The first-order valence-corrected chi connectivity index (χ1v) is 7.75. The Morgan fingerprint density at radius 1 is 1.29 bits per heavy atom. The zero-order valence-corrected chi connectivity index (χ0v) is 13.0. The first-order chi connectivity index (χ1) is 10.1. The summed E-state index contributed by atoms with van der Waals surface area (Å²) in [7, 11) is 4.13. The topological polar surface area (TPSA) is 55.5 Å². The van der Waals surface area contributed by atoms with Gasteiger partial charge in [0.15, 0.2) is 0 Å². The molecule has 3 heterocycles. The number of amides is 1. The Bertz CT molecular complexity index is 488. The molecule has 1 amide bonds. The fraction of sp³-hybridized carbons (Fsp3) is 0.733. The number of likely N-dealkylation sites (N-methyl/N-ethyl adjacent to an activating group) is 1. The molecule has 2 saturated heterocycles. The molecule has 1 aromatic heterocycles. The molecule has 2 fully saturated rings. The number of rotatable bonds is 2. The Morgan fingerprint density at radius 2 is 2.14 bits per heavy atom. The SMILES string of the molecule is CN1CC[C@@]2(CCC1=O)CN(Cc1ncc[nH]1)CCN2C. The van der Waals surface area contributed by atoms with Crippen LogP contribution in [0.5, 0.6) is 0 Å². The Hall–Kier alpha value is -1.40. The van der Waals surface area contributed by atoms with Crippen LogP contribution < -0.4 is 0 Å². The highest BCUT2D eigenvalue weighted by molar-refractivity contribution is 5.76. The van der Waals surface area contributed by atoms with Crippen molar-refractivity contribution < 1.29 is 4.79 Å². The molecule has 0 bridgehead atoms. The fourth-order valence-corrected chi connectivity index (χ4v) is 3.57. The predicted molar refractivity (Wildman–Crippen MR) is 80.7 cm³/mol. The highest BCUT2D eigenvalue weighted by Crippen LogP contribution is 2.32. The quantitative estimate of drug-likeness (QED) is 0.864. The second-order valence-electron chi connectivity index (χ2n) is 6.46. The lowest BCUT2D eigenvalue weighted by molar-refractivity contribution is -0.129. The molecule has 1 atom stereocenters. The van der Waals surface area contributed by atoms with Gasteiger partial charge in [-0.2, -0.15) is 0 Å². The highest BCUT2D eigenvalue weighted by Gasteiger charge is 2.41. The summed E-state index contributed by atoms with van der Waals surface area (Å²) in [5.41, 5.74) is 0.130. The van der Waals surface area contributed by atoms with Crippen molar-refractivity contribution in [3.63, 3.8) is 0 Å². The molecule has 0 unspecified atom stereocenters. The lowest BCUT2D eigenvalue weighted by Crippen LogP contribution is -2.60. The van der Waals surface area contributed by atoms with Crippen LogP contribution in [-0.2, 0) is 11.3 Å². The van der Waals surface area contributed by atoms with Crippen molar-refractivity contribution in [1.29, 1.82) is 0 Å². The number of hydrogen-bond acceptors (Lipinski definition) is 4. The number of H-pyrrole nitrogens is 1. The minimum absolute atomic E-state index is 0.130. The Labute approximate surface area is 126 Å². The maximum absolute atomic E-state index is 12.0. The van der Waals surface area contributed by atoms with Gasteiger partial charge >= 0.3 is 0 Å². The molecule has 21 heavy (non-hydrogen) atoms. The molecule has 2 aliphatic rings. The van der Waals surface area contributed by atoms with Gasteiger partial charge in [-0.15, -0.1) is 0 Å². The Kier molecular flexibility index (Phi) is 3.99. The summed E-state index contributed by atoms with van der Waals surface area (Å²) in [6, 6.07) is 0. The van der Waals surface area contributed by atoms with E-state index >= 15 is 0 Å². The zero-order valence-electron chi connectivity index (χ0n) is 13.0. The fourth-order valence-electron chi connectivity index (χ4n) is 3.57. The van der Waals surface area contributed by atoms with Crippen LogP contribution in [0.2, 0.25) is 0 Å². The summed E-state index contributed by atoms with van der Waals surface area (Å²) in [5, 5.41) is 0. The van der Waals surface area contributed by atoms with Crippen molar-refractivity contribution in [3.8, 4) is 0 Å². The molecule has 0 aliphatic carbocycles. The van der Waals surface area contributed by atoms with Gasteiger partial charge in [-0.3, -0.25) is 14.6 Å². The van der Waals surface area contributed by atoms with Crippen molar-refractivity contribution >= 4 is 5.91 Å². The second kappa shape index (κ2) is 5.77. The molecular formula is C15H25N5O. The van der Waals surface area contributed by atoms with E-state index in [0.29, 0.717) is 6.42 Å². The van der Waals surface area contributed by atoms with Crippen LogP contribution in [-0.4, -0.2) is 76.4 Å². The van der Waals surface area contributed by atoms with Gasteiger partial charge in [0.25, 0.3) is 0 Å². The van der Waals surface area contributed by atoms with Crippen molar-refractivity contribution in [2.45, 2.75) is 31.3 Å². The second-order valence-corrected chi connectivity index (χ2v) is 6.46. The van der Waals surface area contributed by atoms with Gasteiger partial charge < -0.3 is 9.88 Å². The monoisotopic (exact) mass is 291 g/mol. The smallest absolute Gasteiger partial charge is 0.222 e. The normalized spacial score (nSPS) is 29.0. The molecule has 6 nitrogen and oxygen atoms in total. The van der Waals surface area contributed by atoms with E-state index in [1.807, 2.05) is 18.1 Å². The largest absolute Gasteiger partial charge is 0.348 e. The maximum Gasteiger partial charge on any atom is 0.222 e. The zero-order chi connectivity index (χ0) is 14.9. The Balaban J connectivity index is 1.71. The molecular weight excluding hydrogens is 266 g/mol. The van der Waals surface area contributed by atoms with Crippen molar-refractivity contribution in [2.24, 2.45) is 0 Å². The van der Waals surface area contributed by atoms with Gasteiger partial charge in [0.2, 0.25) is 5.91 Å². The van der Waals surface area contributed by atoms with Crippen LogP contribution in [0, 0.1) is 0 Å². The van der Waals surface area contributed by atoms with Gasteiger partial charge in [0.1, 0.15) is 5.82 Å². The molecule has 0 saturated carbocycles. The lowest BCUT2D eigenvalue weighted by atomic mass is 9.86. The van der Waals surface area contributed by atoms with Gasteiger partial charge in [-0.1, -0.05) is 0 Å². The number of nitrogens with zero attached hydrogens (tertiary/aromatic N) is 4. The van der Waals surface area contributed by atoms with Crippen LogP contribution in [0.15, 0.2) is 12.4 Å². The number of carbonyl (C=O) groups is 1. The molecule has 1 aromatic rings. The average molecular weight is 291 g/mol. The predicted octanol–water partition coefficient (Wildman–Crippen LogP) is 0.538. The number of hydrogen-bond donors (Lipinski definition) is 1. The number of imidazole rings is 1. The first kappa shape index (κ1) is 14.5. The third-order valence-electron chi connectivity index (χ3n) is 5.15. The summed E-state index contributed by atoms with van der Waals surface area (Å²) in [5.74, 6) is 1.31. The minimum atomic E-state index is 0.130. The first-order valence-electron chi connectivity index (χ1n) is 7.75. The molecule has 0 aromatic carbocycles. The van der Waals surface area contributed by atoms with Crippen LogP contribution in [0.4, 0.5) is 0 Å². The molecule has 3 rings (SSSR count). The van der Waals surface area contributed by atoms with E-state index in [4.69, 9.17) is 0 Å². The van der Waals surface area contributed by atoms with E-state index in [2.05, 4.69) is 26.8 Å². The van der Waals surface area contributed by atoms with E-state index in [1.54, 1.807) is 6.20 Å². The third kappa shape index (κ3) is 2.96. The highest BCUT2D eigenvalue weighted by atomic mass is 16.2. The molecule has 6 heteroatoms. The van der Waals surface area contributed by atoms with Crippen LogP contribution >= 0.6 is 0 Å². The van der Waals surface area contributed by atoms with E-state index in [0.717, 1.165) is 51.4 Å². The lowest BCUT2D eigenvalue weighted by Gasteiger charge is -2.49. The van der Waals surface area contributed by atoms with Gasteiger partial charge in [0.05, 0.1) is 6.54 Å². The summed E-state index contributed by atoms with van der Waals surface area (Å²) in [6.45, 7) is 4.86. The summed E-state index contributed by atoms with van der Waals surface area (Å²) >= 11 is 0. The van der Waals surface area contributed by atoms with E-state index in [9.17, 15) is 4.79 Å². The van der Waals surface area contributed by atoms with Gasteiger partial charge in [-0.05, 0) is 19.9 Å². The molecule has 0 radical (unpaired) electrons. The average Bonchev–Trinajstić information content (AvgIpc) is 2.94. The van der Waals surface area contributed by atoms with E-state index < -0.39 is 0 Å². The van der Waals surface area contributed by atoms with E-state index in [1.165, 1.54) is 0 Å². The number of carbonyl (C=O) groups excluding carboxylic acids is 1. The van der Waals surface area contributed by atoms with Crippen molar-refractivity contribution in [3.05, 3.63) is 18.2 Å². The standard InChI is InChI=1S/C15H25N5O/c1-18-8-5-15(4-3-14(18)21)12-20(10-9-19(15)2)11-13-16-6-7-17-13/h6-7H,3-5,8-12H2,1-2H3,(H,16,17)/t15-/m0/s1. The number of piperazine rings is 1. The van der Waals surface area contributed by atoms with Crippen molar-refractivity contribution in [2.75, 3.05) is 40.3 Å². The van der Waals surface area contributed by atoms with Crippen molar-refractivity contribution in [1.82, 2.24) is 24.7 Å². The molecule has 1 N–H and O–H groups in total. The minimum Gasteiger partial charge on any atom is -0.348 e. The Morgan fingerprint density at radius 3 is 2.90 bits per heavy atom. The maximum atomic E-state index is 12.0. The summed E-state index contributed by atoms with van der Waals surface area (Å²) < 4.78 is 0. The van der Waals surface area contributed by atoms with E-state index in [-0.39, 0.29) is 11.4 Å². The molecule has 116 valence electrons. The van der Waals surface area contributed by atoms with Crippen LogP contribution in [0.1, 0.15) is 25.1 Å². The number of likely N-dealkylation sites (tertiary alicyclic amines) is 1. The van der Waals surface area contributed by atoms with Gasteiger partial charge in [0, 0.05) is 57.6 Å². The molecule has 2 aliphatic heterocycles. The van der Waals surface area contributed by atoms with Crippen LogP contribution in [0.25, 0.3) is 0 Å². The van der Waals surface area contributed by atoms with Crippen LogP contribution in [0.3, 0.4) is 0 Å². The summed E-state index contributed by atoms with van der Waals surface area (Å²) in [4.78, 5) is 26.3.